The average molecular weight is 239 g/mol. The number of rotatable bonds is 0. The molecule has 1 aromatic heterocycles. The second kappa shape index (κ2) is 3.05. The molecule has 0 aliphatic rings. The molecule has 0 aliphatic heterocycles. The van der Waals surface area contributed by atoms with E-state index >= 15 is 0 Å². The molecule has 0 fully saturated rings. The van der Waals surface area contributed by atoms with E-state index in [1.165, 1.54) is 0 Å². The maximum Gasteiger partial charge on any atom is 0.201 e. The Kier molecular flexibility index (Phi) is 2.96. The van der Waals surface area contributed by atoms with Gasteiger partial charge in [-0.1, -0.05) is 0 Å². The second-order valence-corrected chi connectivity index (χ2v) is 1.84. The molecule has 0 atom stereocenters. The Morgan fingerprint density at radius 2 is 1.56 bits per heavy atom. The molecule has 1 aromatic rings. The largest absolute Gasteiger partial charge is 0.321 e. The Morgan fingerprint density at radius 1 is 1.22 bits per heavy atom. The van der Waals surface area contributed by atoms with Crippen molar-refractivity contribution in [1.82, 2.24) is 9.13 Å². The average Bonchev–Trinajstić information content (AvgIpc) is 1.98. The van der Waals surface area contributed by atoms with Gasteiger partial charge in [-0.05, 0) is 0 Å². The van der Waals surface area contributed by atoms with Crippen LogP contribution in [0.5, 0.6) is 0 Å². The quantitative estimate of drug-likeness (QED) is 0.638. The van der Waals surface area contributed by atoms with Crippen molar-refractivity contribution in [2.24, 2.45) is 14.1 Å². The molecule has 0 bridgehead atoms. The van der Waals surface area contributed by atoms with Crippen molar-refractivity contribution in [2.45, 2.75) is 0 Å². The van der Waals surface area contributed by atoms with Gasteiger partial charge >= 0.3 is 0 Å². The number of imidazole rings is 1. The van der Waals surface area contributed by atoms with Gasteiger partial charge in [-0.25, -0.2) is 0 Å². The minimum Gasteiger partial charge on any atom is -0.321 e. The van der Waals surface area contributed by atoms with E-state index in [0.29, 0.717) is 5.62 Å². The molecule has 4 heteroatoms. The van der Waals surface area contributed by atoms with Crippen molar-refractivity contribution >= 4 is 24.0 Å². The fourth-order valence-electron chi connectivity index (χ4n) is 0.590. The van der Waals surface area contributed by atoms with Gasteiger partial charge in [0.1, 0.15) is 0 Å². The Morgan fingerprint density at radius 3 is 1.67 bits per heavy atom. The fourth-order valence-corrected chi connectivity index (χ4v) is 0.590. The van der Waals surface area contributed by atoms with Crippen molar-refractivity contribution < 1.29 is 0 Å². The summed E-state index contributed by atoms with van der Waals surface area (Å²) in [4.78, 5) is 0. The number of nitrogens with zero attached hydrogens (tertiary/aromatic N) is 2. The Bertz CT molecular complexity index is 212. The maximum absolute atomic E-state index is 7.25. The molecule has 9 heavy (non-hydrogen) atoms. The highest BCUT2D eigenvalue weighted by Gasteiger charge is 1.85. The lowest BCUT2D eigenvalue weighted by atomic mass is 10.9. The van der Waals surface area contributed by atoms with Crippen LogP contribution in [0.1, 0.15) is 0 Å². The molecule has 3 nitrogen and oxygen atoms in total. The van der Waals surface area contributed by atoms with Crippen LogP contribution in [0.25, 0.3) is 0 Å². The topological polar surface area (TPSA) is 33.7 Å². The van der Waals surface area contributed by atoms with E-state index in [1.54, 1.807) is 9.13 Å². The molecule has 1 N–H and O–H groups in total. The van der Waals surface area contributed by atoms with E-state index in [1.807, 2.05) is 26.5 Å². The monoisotopic (exact) mass is 239 g/mol. The van der Waals surface area contributed by atoms with E-state index in [4.69, 9.17) is 5.41 Å². The summed E-state index contributed by atoms with van der Waals surface area (Å²) in [5.41, 5.74) is 0.519. The second-order valence-electron chi connectivity index (χ2n) is 1.84. The summed E-state index contributed by atoms with van der Waals surface area (Å²) in [6.07, 6.45) is 3.70. The van der Waals surface area contributed by atoms with E-state index < -0.39 is 0 Å². The molecule has 0 saturated carbocycles. The summed E-state index contributed by atoms with van der Waals surface area (Å²) >= 11 is 0. The van der Waals surface area contributed by atoms with Gasteiger partial charge < -0.3 is 9.13 Å². The fraction of sp³-hybridized carbons (Fsp3) is 0.400. The van der Waals surface area contributed by atoms with Crippen LogP contribution in [0.15, 0.2) is 12.4 Å². The van der Waals surface area contributed by atoms with Crippen LogP contribution >= 0.6 is 24.0 Å². The van der Waals surface area contributed by atoms with Gasteiger partial charge in [-0.2, -0.15) is 0 Å². The predicted molar refractivity (Wildman–Crippen MR) is 45.7 cm³/mol. The van der Waals surface area contributed by atoms with Gasteiger partial charge in [0.2, 0.25) is 5.62 Å². The van der Waals surface area contributed by atoms with Crippen LogP contribution in [0.4, 0.5) is 0 Å². The Labute approximate surface area is 70.8 Å². The van der Waals surface area contributed by atoms with Crippen LogP contribution in [0.2, 0.25) is 0 Å². The van der Waals surface area contributed by atoms with Gasteiger partial charge in [0.15, 0.2) is 0 Å². The molecule has 0 amide bonds. The number of halogens is 1. The smallest absolute Gasteiger partial charge is 0.201 e. The van der Waals surface area contributed by atoms with Crippen molar-refractivity contribution in [3.8, 4) is 0 Å². The zero-order valence-corrected chi connectivity index (χ0v) is 7.79. The molecule has 0 saturated heterocycles. The first-order valence-electron chi connectivity index (χ1n) is 2.44. The third kappa shape index (κ3) is 1.57. The van der Waals surface area contributed by atoms with Gasteiger partial charge in [-0.15, -0.1) is 24.0 Å². The molecule has 0 unspecified atom stereocenters. The minimum absolute atomic E-state index is 0. The third-order valence-corrected chi connectivity index (χ3v) is 1.18. The van der Waals surface area contributed by atoms with Crippen LogP contribution in [0.3, 0.4) is 0 Å². The summed E-state index contributed by atoms with van der Waals surface area (Å²) in [7, 11) is 3.70. The standard InChI is InChI=1S/C5H9N3.HI/c1-7-3-4-8(2)5(7)6;/h3-4,6H,1-2H3;1H. The first-order valence-corrected chi connectivity index (χ1v) is 2.44. The molecule has 0 aliphatic carbocycles. The van der Waals surface area contributed by atoms with Crippen molar-refractivity contribution in [3.05, 3.63) is 18.0 Å². The normalized spacial score (nSPS) is 8.67. The van der Waals surface area contributed by atoms with Crippen LogP contribution in [-0.2, 0) is 14.1 Å². The van der Waals surface area contributed by atoms with Gasteiger partial charge in [0, 0.05) is 26.5 Å². The highest BCUT2D eigenvalue weighted by Crippen LogP contribution is 1.72. The first-order chi connectivity index (χ1) is 3.72. The van der Waals surface area contributed by atoms with E-state index in [2.05, 4.69) is 0 Å². The summed E-state index contributed by atoms with van der Waals surface area (Å²) in [5.74, 6) is 0. The zero-order chi connectivity index (χ0) is 6.15. The molecule has 0 spiro atoms. The van der Waals surface area contributed by atoms with Crippen LogP contribution in [-0.4, -0.2) is 9.13 Å². The molecule has 0 radical (unpaired) electrons. The van der Waals surface area contributed by atoms with Gasteiger partial charge in [-0.3, -0.25) is 5.41 Å². The summed E-state index contributed by atoms with van der Waals surface area (Å²) in [5, 5.41) is 7.25. The number of hydrogen-bond donors (Lipinski definition) is 1. The van der Waals surface area contributed by atoms with Crippen molar-refractivity contribution in [2.75, 3.05) is 0 Å². The maximum atomic E-state index is 7.25. The molecule has 1 rings (SSSR count). The van der Waals surface area contributed by atoms with Gasteiger partial charge in [0.05, 0.1) is 0 Å². The predicted octanol–water partition coefficient (Wildman–Crippen LogP) is 0.461. The molecular formula is C5H10IN3. The lowest BCUT2D eigenvalue weighted by Crippen LogP contribution is -2.19. The first kappa shape index (κ1) is 8.74. The van der Waals surface area contributed by atoms with E-state index in [9.17, 15) is 0 Å². The summed E-state index contributed by atoms with van der Waals surface area (Å²) in [6.45, 7) is 0. The molecule has 1 heterocycles. The SMILES string of the molecule is Cn1ccn(C)c1=N.I. The van der Waals surface area contributed by atoms with E-state index in [0.717, 1.165) is 0 Å². The lowest BCUT2D eigenvalue weighted by Gasteiger charge is -1.86. The number of aryl methyl sites for hydroxylation is 2. The number of hydrogen-bond acceptors (Lipinski definition) is 1. The third-order valence-electron chi connectivity index (χ3n) is 1.18. The Hall–Kier alpha value is -0.260. The minimum atomic E-state index is 0. The van der Waals surface area contributed by atoms with Crippen LogP contribution in [0, 0.1) is 5.41 Å². The molecule has 52 valence electrons. The van der Waals surface area contributed by atoms with Gasteiger partial charge in [0.25, 0.3) is 0 Å². The molecule has 0 aromatic carbocycles. The van der Waals surface area contributed by atoms with E-state index in [-0.39, 0.29) is 24.0 Å². The number of aromatic nitrogens is 2. The Balaban J connectivity index is 0.000000640. The highest BCUT2D eigenvalue weighted by atomic mass is 127. The lowest BCUT2D eigenvalue weighted by molar-refractivity contribution is 0.725. The zero-order valence-electron chi connectivity index (χ0n) is 5.46. The van der Waals surface area contributed by atoms with Crippen molar-refractivity contribution in [3.63, 3.8) is 0 Å². The van der Waals surface area contributed by atoms with Crippen molar-refractivity contribution in [1.29, 1.82) is 5.41 Å². The summed E-state index contributed by atoms with van der Waals surface area (Å²) < 4.78 is 3.50. The summed E-state index contributed by atoms with van der Waals surface area (Å²) in [6, 6.07) is 0. The molecular weight excluding hydrogens is 229 g/mol. The highest BCUT2D eigenvalue weighted by molar-refractivity contribution is 14.0. The number of nitrogens with one attached hydrogen (secondary N) is 1. The van der Waals surface area contributed by atoms with Crippen LogP contribution < -0.4 is 5.62 Å².